The van der Waals surface area contributed by atoms with Crippen molar-refractivity contribution in [2.75, 3.05) is 5.32 Å². The van der Waals surface area contributed by atoms with E-state index in [-0.39, 0.29) is 0 Å². The van der Waals surface area contributed by atoms with Crippen LogP contribution in [-0.2, 0) is 6.54 Å². The van der Waals surface area contributed by atoms with Crippen molar-refractivity contribution < 1.29 is 0 Å². The second kappa shape index (κ2) is 7.65. The van der Waals surface area contributed by atoms with Crippen LogP contribution in [0.1, 0.15) is 11.3 Å². The van der Waals surface area contributed by atoms with Gasteiger partial charge in [0.15, 0.2) is 5.82 Å². The molecule has 0 bridgehead atoms. The highest BCUT2D eigenvalue weighted by Gasteiger charge is 2.14. The zero-order valence-electron chi connectivity index (χ0n) is 16.3. The van der Waals surface area contributed by atoms with Crippen LogP contribution in [0, 0.1) is 6.92 Å². The summed E-state index contributed by atoms with van der Waals surface area (Å²) in [5, 5.41) is 17.1. The fourth-order valence-corrected chi connectivity index (χ4v) is 3.52. The van der Waals surface area contributed by atoms with E-state index in [4.69, 9.17) is 16.7 Å². The van der Waals surface area contributed by atoms with Gasteiger partial charge < -0.3 is 5.32 Å². The smallest absolute Gasteiger partial charge is 0.154 e. The van der Waals surface area contributed by atoms with Crippen LogP contribution < -0.4 is 5.32 Å². The monoisotopic (exact) mass is 414 g/mol. The van der Waals surface area contributed by atoms with Crippen LogP contribution in [0.4, 0.5) is 5.82 Å². The maximum absolute atomic E-state index is 5.98. The molecule has 0 radical (unpaired) electrons. The molecule has 7 heteroatoms. The number of pyridine rings is 1. The van der Waals surface area contributed by atoms with Gasteiger partial charge in [0.25, 0.3) is 0 Å². The number of hydrogen-bond donors (Lipinski definition) is 2. The van der Waals surface area contributed by atoms with Crippen molar-refractivity contribution in [2.45, 2.75) is 13.5 Å². The summed E-state index contributed by atoms with van der Waals surface area (Å²) < 4.78 is 1.87. The third-order valence-corrected chi connectivity index (χ3v) is 5.17. The Kier molecular flexibility index (Phi) is 4.69. The molecule has 0 aliphatic carbocycles. The molecule has 5 aromatic rings. The Morgan fingerprint density at radius 1 is 1.03 bits per heavy atom. The number of aromatic amines is 1. The number of hydrogen-bond acceptors (Lipinski definition) is 4. The van der Waals surface area contributed by atoms with Gasteiger partial charge in [-0.1, -0.05) is 35.9 Å². The average Bonchev–Trinajstić information content (AvgIpc) is 3.40. The fourth-order valence-electron chi connectivity index (χ4n) is 3.39. The number of benzene rings is 2. The summed E-state index contributed by atoms with van der Waals surface area (Å²) in [6.45, 7) is 2.62. The second-order valence-electron chi connectivity index (χ2n) is 7.12. The van der Waals surface area contributed by atoms with Gasteiger partial charge in [-0.3, -0.25) is 5.10 Å². The first kappa shape index (κ1) is 18.4. The lowest BCUT2D eigenvalue weighted by Gasteiger charge is -2.07. The molecule has 2 aromatic carbocycles. The minimum atomic E-state index is 0.648. The van der Waals surface area contributed by atoms with Crippen molar-refractivity contribution >= 4 is 28.3 Å². The first-order valence-electron chi connectivity index (χ1n) is 9.62. The van der Waals surface area contributed by atoms with Gasteiger partial charge in [0.2, 0.25) is 0 Å². The lowest BCUT2D eigenvalue weighted by molar-refractivity contribution is 0.846. The Morgan fingerprint density at radius 3 is 2.73 bits per heavy atom. The minimum Gasteiger partial charge on any atom is -0.364 e. The van der Waals surface area contributed by atoms with E-state index in [9.17, 15) is 0 Å². The molecule has 0 fully saturated rings. The largest absolute Gasteiger partial charge is 0.364 e. The molecule has 3 heterocycles. The van der Waals surface area contributed by atoms with Crippen LogP contribution in [-0.4, -0.2) is 25.0 Å². The van der Waals surface area contributed by atoms with Crippen molar-refractivity contribution in [1.82, 2.24) is 25.0 Å². The predicted molar refractivity (Wildman–Crippen MR) is 120 cm³/mol. The van der Waals surface area contributed by atoms with E-state index >= 15 is 0 Å². The summed E-state index contributed by atoms with van der Waals surface area (Å²) in [6, 6.07) is 21.9. The van der Waals surface area contributed by atoms with Crippen molar-refractivity contribution in [1.29, 1.82) is 0 Å². The summed E-state index contributed by atoms with van der Waals surface area (Å²) in [7, 11) is 0. The third-order valence-electron chi connectivity index (χ3n) is 4.92. The number of anilines is 1. The number of halogens is 1. The number of nitrogens with one attached hydrogen (secondary N) is 2. The van der Waals surface area contributed by atoms with E-state index < -0.39 is 0 Å². The third kappa shape index (κ3) is 3.65. The molecule has 148 valence electrons. The SMILES string of the molecule is Cc1cccc(-n2nc(NCc3ccc(Cl)cc3)cc2-c2ccc3[nH]ncc3c2)n1. The molecule has 0 amide bonds. The molecule has 0 spiro atoms. The molecule has 0 saturated carbocycles. The van der Waals surface area contributed by atoms with Crippen LogP contribution in [0.15, 0.2) is 72.9 Å². The van der Waals surface area contributed by atoms with E-state index in [2.05, 4.69) is 32.6 Å². The average molecular weight is 415 g/mol. The highest BCUT2D eigenvalue weighted by molar-refractivity contribution is 6.30. The highest BCUT2D eigenvalue weighted by Crippen LogP contribution is 2.28. The van der Waals surface area contributed by atoms with E-state index in [1.165, 1.54) is 0 Å². The molecule has 5 rings (SSSR count). The zero-order chi connectivity index (χ0) is 20.5. The lowest BCUT2D eigenvalue weighted by atomic mass is 10.1. The number of aryl methyl sites for hydroxylation is 1. The molecular formula is C23H19ClN6. The molecule has 0 aliphatic heterocycles. The van der Waals surface area contributed by atoms with Gasteiger partial charge >= 0.3 is 0 Å². The number of rotatable bonds is 5. The standard InChI is InChI=1S/C23H19ClN6/c1-15-3-2-4-23(27-15)30-21(17-7-10-20-18(11-17)14-26-28-20)12-22(29-30)25-13-16-5-8-19(24)9-6-16/h2-12,14H,13H2,1H3,(H,25,29)(H,26,28). The van der Waals surface area contributed by atoms with Gasteiger partial charge in [-0.15, -0.1) is 5.10 Å². The molecule has 0 saturated heterocycles. The van der Waals surface area contributed by atoms with Crippen LogP contribution in [0.2, 0.25) is 5.02 Å². The van der Waals surface area contributed by atoms with Crippen molar-refractivity contribution in [3.63, 3.8) is 0 Å². The quantitative estimate of drug-likeness (QED) is 0.404. The summed E-state index contributed by atoms with van der Waals surface area (Å²) in [5.41, 5.74) is 5.06. The summed E-state index contributed by atoms with van der Waals surface area (Å²) in [5.74, 6) is 1.55. The number of fused-ring (bicyclic) bond motifs is 1. The number of H-pyrrole nitrogens is 1. The molecule has 0 unspecified atom stereocenters. The van der Waals surface area contributed by atoms with Crippen molar-refractivity contribution in [3.05, 3.63) is 89.2 Å². The number of nitrogens with zero attached hydrogens (tertiary/aromatic N) is 4. The maximum Gasteiger partial charge on any atom is 0.154 e. The first-order valence-corrected chi connectivity index (χ1v) is 9.99. The van der Waals surface area contributed by atoms with Crippen LogP contribution in [0.5, 0.6) is 0 Å². The number of aromatic nitrogens is 5. The predicted octanol–water partition coefficient (Wildman–Crippen LogP) is 5.38. The van der Waals surface area contributed by atoms with Gasteiger partial charge in [-0.05, 0) is 48.9 Å². The van der Waals surface area contributed by atoms with Crippen molar-refractivity contribution in [2.24, 2.45) is 0 Å². The topological polar surface area (TPSA) is 71.4 Å². The Labute approximate surface area is 178 Å². The van der Waals surface area contributed by atoms with Crippen LogP contribution in [0.25, 0.3) is 28.0 Å². The minimum absolute atomic E-state index is 0.648. The normalized spacial score (nSPS) is 11.1. The zero-order valence-corrected chi connectivity index (χ0v) is 17.1. The Balaban J connectivity index is 1.54. The molecular weight excluding hydrogens is 396 g/mol. The van der Waals surface area contributed by atoms with Gasteiger partial charge in [-0.25, -0.2) is 9.67 Å². The fraction of sp³-hybridized carbons (Fsp3) is 0.0870. The van der Waals surface area contributed by atoms with Crippen molar-refractivity contribution in [3.8, 4) is 17.1 Å². The van der Waals surface area contributed by atoms with E-state index in [1.807, 2.05) is 72.4 Å². The van der Waals surface area contributed by atoms with Crippen LogP contribution >= 0.6 is 11.6 Å². The molecule has 6 nitrogen and oxygen atoms in total. The lowest BCUT2D eigenvalue weighted by Crippen LogP contribution is -2.04. The maximum atomic E-state index is 5.98. The summed E-state index contributed by atoms with van der Waals surface area (Å²) in [4.78, 5) is 4.66. The van der Waals surface area contributed by atoms with Gasteiger partial charge in [-0.2, -0.15) is 5.10 Å². The Morgan fingerprint density at radius 2 is 1.90 bits per heavy atom. The summed E-state index contributed by atoms with van der Waals surface area (Å²) in [6.07, 6.45) is 1.82. The first-order chi connectivity index (χ1) is 14.7. The van der Waals surface area contributed by atoms with E-state index in [1.54, 1.807) is 0 Å². The molecule has 2 N–H and O–H groups in total. The Hall–Kier alpha value is -3.64. The molecule has 30 heavy (non-hydrogen) atoms. The Bertz CT molecular complexity index is 1320. The van der Waals surface area contributed by atoms with Gasteiger partial charge in [0.1, 0.15) is 5.82 Å². The van der Waals surface area contributed by atoms with Crippen LogP contribution in [0.3, 0.4) is 0 Å². The molecule has 3 aromatic heterocycles. The molecule has 0 atom stereocenters. The highest BCUT2D eigenvalue weighted by atomic mass is 35.5. The van der Waals surface area contributed by atoms with Gasteiger partial charge in [0.05, 0.1) is 17.4 Å². The van der Waals surface area contributed by atoms with E-state index in [0.717, 1.165) is 50.1 Å². The second-order valence-corrected chi connectivity index (χ2v) is 7.55. The van der Waals surface area contributed by atoms with Gasteiger partial charge in [0, 0.05) is 34.3 Å². The summed E-state index contributed by atoms with van der Waals surface area (Å²) >= 11 is 5.98. The molecule has 0 aliphatic rings. The van der Waals surface area contributed by atoms with E-state index in [0.29, 0.717) is 6.54 Å².